The number of aromatic nitrogens is 2. The Morgan fingerprint density at radius 1 is 1.04 bits per heavy atom. The summed E-state index contributed by atoms with van der Waals surface area (Å²) in [6.07, 6.45) is 0. The van der Waals surface area contributed by atoms with E-state index in [-0.39, 0.29) is 12.4 Å². The van der Waals surface area contributed by atoms with Crippen LogP contribution in [0.4, 0.5) is 5.69 Å². The van der Waals surface area contributed by atoms with Crippen molar-refractivity contribution in [1.82, 2.24) is 10.2 Å². The van der Waals surface area contributed by atoms with Gasteiger partial charge in [0, 0.05) is 5.56 Å². The van der Waals surface area contributed by atoms with Crippen molar-refractivity contribution in [3.63, 3.8) is 0 Å². The smallest absolute Gasteiger partial charge is 0.299 e. The Kier molecular flexibility index (Phi) is 3.46. The second-order valence-corrected chi connectivity index (χ2v) is 6.07. The highest BCUT2D eigenvalue weighted by atomic mass is 16.4. The Hall–Kier alpha value is -3.28. The van der Waals surface area contributed by atoms with E-state index in [1.165, 1.54) is 4.90 Å². The number of rotatable bonds is 3. The number of anilines is 1. The maximum Gasteiger partial charge on any atom is 0.299 e. The molecule has 1 amide bonds. The van der Waals surface area contributed by atoms with Gasteiger partial charge >= 0.3 is 0 Å². The molecule has 25 heavy (non-hydrogen) atoms. The molecule has 0 saturated carbocycles. The van der Waals surface area contributed by atoms with Crippen molar-refractivity contribution in [3.8, 4) is 11.5 Å². The van der Waals surface area contributed by atoms with Crippen LogP contribution in [0.15, 0.2) is 46.9 Å². The average Bonchev–Trinajstić information content (AvgIpc) is 3.16. The second kappa shape index (κ2) is 5.66. The Labute approximate surface area is 144 Å². The van der Waals surface area contributed by atoms with Crippen LogP contribution in [0.2, 0.25) is 0 Å². The molecule has 0 unspecified atom stereocenters. The normalized spacial score (nSPS) is 13.4. The van der Waals surface area contributed by atoms with Gasteiger partial charge in [-0.05, 0) is 43.2 Å². The number of amides is 1. The average molecular weight is 333 g/mol. The number of aryl methyl sites for hydroxylation is 2. The minimum absolute atomic E-state index is 0.0707. The maximum absolute atomic E-state index is 12.4. The topological polar surface area (TPSA) is 76.3 Å². The van der Waals surface area contributed by atoms with Crippen LogP contribution >= 0.6 is 0 Å². The first-order valence-electron chi connectivity index (χ1n) is 7.90. The molecule has 0 bridgehead atoms. The fraction of sp³-hybridized carbons (Fsp3) is 0.158. The summed E-state index contributed by atoms with van der Waals surface area (Å²) < 4.78 is 5.67. The van der Waals surface area contributed by atoms with Gasteiger partial charge in [-0.3, -0.25) is 14.5 Å². The van der Waals surface area contributed by atoms with Crippen molar-refractivity contribution in [1.29, 1.82) is 0 Å². The van der Waals surface area contributed by atoms with E-state index in [2.05, 4.69) is 10.2 Å². The predicted octanol–water partition coefficient (Wildman–Crippen LogP) is 3.08. The molecule has 6 nitrogen and oxygen atoms in total. The Balaban J connectivity index is 1.68. The van der Waals surface area contributed by atoms with E-state index < -0.39 is 11.7 Å². The predicted molar refractivity (Wildman–Crippen MR) is 91.2 cm³/mol. The van der Waals surface area contributed by atoms with E-state index in [1.54, 1.807) is 6.07 Å². The number of nitrogens with zero attached hydrogens (tertiary/aromatic N) is 3. The molecule has 0 spiro atoms. The lowest BCUT2D eigenvalue weighted by atomic mass is 10.0. The third-order valence-corrected chi connectivity index (χ3v) is 4.18. The van der Waals surface area contributed by atoms with Gasteiger partial charge < -0.3 is 4.42 Å². The van der Waals surface area contributed by atoms with Crippen LogP contribution in [-0.4, -0.2) is 21.9 Å². The molecule has 124 valence electrons. The molecular weight excluding hydrogens is 318 g/mol. The van der Waals surface area contributed by atoms with Gasteiger partial charge in [0.05, 0.1) is 11.3 Å². The number of ketones is 1. The quantitative estimate of drug-likeness (QED) is 0.689. The van der Waals surface area contributed by atoms with Crippen LogP contribution in [0.5, 0.6) is 0 Å². The summed E-state index contributed by atoms with van der Waals surface area (Å²) in [5.74, 6) is -0.394. The lowest BCUT2D eigenvalue weighted by molar-refractivity contribution is -0.114. The summed E-state index contributed by atoms with van der Waals surface area (Å²) in [5, 5.41) is 8.04. The Morgan fingerprint density at radius 2 is 1.80 bits per heavy atom. The molecule has 3 aromatic rings. The lowest BCUT2D eigenvalue weighted by Crippen LogP contribution is -2.29. The highest BCUT2D eigenvalue weighted by Crippen LogP contribution is 2.34. The van der Waals surface area contributed by atoms with Gasteiger partial charge in [-0.25, -0.2) is 0 Å². The highest BCUT2D eigenvalue weighted by molar-refractivity contribution is 6.52. The van der Waals surface area contributed by atoms with Gasteiger partial charge in [-0.2, -0.15) is 0 Å². The van der Waals surface area contributed by atoms with Crippen LogP contribution in [0.3, 0.4) is 0 Å². The minimum Gasteiger partial charge on any atom is -0.419 e. The first-order chi connectivity index (χ1) is 12.0. The van der Waals surface area contributed by atoms with Gasteiger partial charge in [0.1, 0.15) is 6.54 Å². The van der Waals surface area contributed by atoms with E-state index >= 15 is 0 Å². The largest absolute Gasteiger partial charge is 0.419 e. The van der Waals surface area contributed by atoms with E-state index in [0.717, 1.165) is 16.7 Å². The fourth-order valence-corrected chi connectivity index (χ4v) is 3.13. The Bertz CT molecular complexity index is 992. The van der Waals surface area contributed by atoms with Crippen molar-refractivity contribution in [2.75, 3.05) is 4.90 Å². The summed E-state index contributed by atoms with van der Waals surface area (Å²) in [5.41, 5.74) is 3.68. The molecule has 0 aliphatic carbocycles. The fourth-order valence-electron chi connectivity index (χ4n) is 3.13. The maximum atomic E-state index is 12.4. The van der Waals surface area contributed by atoms with E-state index in [1.807, 2.05) is 50.2 Å². The SMILES string of the molecule is Cc1cc(C)c2c(c1)C(=O)C(=O)N2Cc1nnc(-c2ccccc2)o1. The molecule has 2 aromatic carbocycles. The molecule has 0 saturated heterocycles. The van der Waals surface area contributed by atoms with Gasteiger partial charge in [0.25, 0.3) is 11.7 Å². The molecule has 1 aromatic heterocycles. The van der Waals surface area contributed by atoms with Crippen LogP contribution in [0.1, 0.15) is 27.4 Å². The summed E-state index contributed by atoms with van der Waals surface area (Å²) in [6.45, 7) is 3.85. The minimum atomic E-state index is -0.567. The molecule has 1 aliphatic heterocycles. The van der Waals surface area contributed by atoms with Crippen LogP contribution in [0, 0.1) is 13.8 Å². The van der Waals surface area contributed by atoms with Crippen molar-refractivity contribution in [2.24, 2.45) is 0 Å². The van der Waals surface area contributed by atoms with Gasteiger partial charge in [-0.15, -0.1) is 10.2 Å². The first-order valence-corrected chi connectivity index (χ1v) is 7.90. The molecule has 0 atom stereocenters. The number of Topliss-reactive ketones (excluding diaryl/α,β-unsaturated/α-hetero) is 1. The standard InChI is InChI=1S/C19H15N3O3/c1-11-8-12(2)16-14(9-11)17(23)19(24)22(16)10-15-20-21-18(25-15)13-6-4-3-5-7-13/h3-9H,10H2,1-2H3. The molecule has 0 radical (unpaired) electrons. The van der Waals surface area contributed by atoms with Crippen LogP contribution < -0.4 is 4.90 Å². The first kappa shape index (κ1) is 15.3. The molecule has 0 fully saturated rings. The van der Waals surface area contributed by atoms with Gasteiger partial charge in [0.2, 0.25) is 11.8 Å². The molecule has 4 rings (SSSR count). The number of fused-ring (bicyclic) bond motifs is 1. The van der Waals surface area contributed by atoms with E-state index in [9.17, 15) is 9.59 Å². The van der Waals surface area contributed by atoms with E-state index in [4.69, 9.17) is 4.42 Å². The molecular formula is C19H15N3O3. The van der Waals surface area contributed by atoms with Crippen LogP contribution in [0.25, 0.3) is 11.5 Å². The van der Waals surface area contributed by atoms with E-state index in [0.29, 0.717) is 17.1 Å². The third kappa shape index (κ3) is 2.52. The molecule has 0 N–H and O–H groups in total. The van der Waals surface area contributed by atoms with Crippen molar-refractivity contribution >= 4 is 17.4 Å². The molecule has 2 heterocycles. The third-order valence-electron chi connectivity index (χ3n) is 4.18. The number of hydrogen-bond acceptors (Lipinski definition) is 5. The number of carbonyl (C=O) groups excluding carboxylic acids is 2. The zero-order valence-corrected chi connectivity index (χ0v) is 13.8. The Morgan fingerprint density at radius 3 is 2.56 bits per heavy atom. The number of hydrogen-bond donors (Lipinski definition) is 0. The monoisotopic (exact) mass is 333 g/mol. The number of carbonyl (C=O) groups is 2. The summed E-state index contributed by atoms with van der Waals surface area (Å²) in [7, 11) is 0. The summed E-state index contributed by atoms with van der Waals surface area (Å²) in [4.78, 5) is 26.1. The van der Waals surface area contributed by atoms with Gasteiger partial charge in [-0.1, -0.05) is 24.3 Å². The van der Waals surface area contributed by atoms with Crippen molar-refractivity contribution in [2.45, 2.75) is 20.4 Å². The highest BCUT2D eigenvalue weighted by Gasteiger charge is 2.38. The van der Waals surface area contributed by atoms with Crippen LogP contribution in [-0.2, 0) is 11.3 Å². The summed E-state index contributed by atoms with van der Waals surface area (Å²) in [6, 6.07) is 13.1. The lowest BCUT2D eigenvalue weighted by Gasteiger charge is -2.16. The molecule has 6 heteroatoms. The van der Waals surface area contributed by atoms with Crippen molar-refractivity contribution < 1.29 is 14.0 Å². The number of benzene rings is 2. The van der Waals surface area contributed by atoms with Crippen molar-refractivity contribution in [3.05, 3.63) is 65.0 Å². The van der Waals surface area contributed by atoms with Gasteiger partial charge in [0.15, 0.2) is 0 Å². The zero-order chi connectivity index (χ0) is 17.6. The summed E-state index contributed by atoms with van der Waals surface area (Å²) >= 11 is 0. The second-order valence-electron chi connectivity index (χ2n) is 6.07. The zero-order valence-electron chi connectivity index (χ0n) is 13.8. The molecule has 1 aliphatic rings.